The van der Waals surface area contributed by atoms with Crippen LogP contribution in [0.2, 0.25) is 0 Å². The lowest BCUT2D eigenvalue weighted by atomic mass is 10.1. The zero-order valence-electron chi connectivity index (χ0n) is 14.2. The molecule has 1 amide bonds. The number of thiophene rings is 1. The minimum atomic E-state index is -0.793. The topological polar surface area (TPSA) is 100 Å². The van der Waals surface area contributed by atoms with Crippen LogP contribution in [0, 0.1) is 13.8 Å². The van der Waals surface area contributed by atoms with Crippen molar-refractivity contribution in [3.8, 4) is 0 Å². The molecule has 8 nitrogen and oxygen atoms in total. The molecule has 1 aliphatic heterocycles. The quantitative estimate of drug-likeness (QED) is 0.765. The highest BCUT2D eigenvalue weighted by molar-refractivity contribution is 7.16. The van der Waals surface area contributed by atoms with Crippen LogP contribution >= 0.6 is 11.3 Å². The molecule has 0 saturated heterocycles. The molecular formula is C16H19NO7S. The van der Waals surface area contributed by atoms with E-state index >= 15 is 0 Å². The van der Waals surface area contributed by atoms with Crippen LogP contribution < -0.4 is 5.32 Å². The van der Waals surface area contributed by atoms with Crippen molar-refractivity contribution < 1.29 is 33.3 Å². The van der Waals surface area contributed by atoms with Gasteiger partial charge in [-0.25, -0.2) is 9.59 Å². The maximum Gasteiger partial charge on any atom is 0.377 e. The van der Waals surface area contributed by atoms with Gasteiger partial charge in [0.2, 0.25) is 5.76 Å². The predicted molar refractivity (Wildman–Crippen MR) is 89.3 cm³/mol. The Morgan fingerprint density at radius 1 is 1.20 bits per heavy atom. The van der Waals surface area contributed by atoms with Gasteiger partial charge in [-0.15, -0.1) is 11.3 Å². The first kappa shape index (κ1) is 18.8. The molecule has 1 aliphatic rings. The van der Waals surface area contributed by atoms with Crippen LogP contribution in [0.5, 0.6) is 0 Å². The molecule has 0 bridgehead atoms. The lowest BCUT2D eigenvalue weighted by Gasteiger charge is -2.14. The van der Waals surface area contributed by atoms with Crippen LogP contribution in [0.4, 0.5) is 5.00 Å². The number of aryl methyl sites for hydroxylation is 1. The first-order chi connectivity index (χ1) is 11.9. The van der Waals surface area contributed by atoms with Crippen molar-refractivity contribution in [1.82, 2.24) is 0 Å². The number of hydrogen-bond donors (Lipinski definition) is 1. The second kappa shape index (κ2) is 8.52. The fourth-order valence-electron chi connectivity index (χ4n) is 2.00. The van der Waals surface area contributed by atoms with Crippen LogP contribution in [0.3, 0.4) is 0 Å². The Morgan fingerprint density at radius 3 is 2.60 bits per heavy atom. The highest BCUT2D eigenvalue weighted by atomic mass is 32.1. The van der Waals surface area contributed by atoms with E-state index in [1.807, 2.05) is 6.92 Å². The number of hydrogen-bond acceptors (Lipinski definition) is 8. The minimum absolute atomic E-state index is 0.0888. The standard InChI is InChI=1S/C16H19NO7S/c1-4-22-16(20)13-9(2)10(3)25-14(13)17-12(18)8-24-15(19)11-7-21-5-6-23-11/h7H,4-6,8H2,1-3H3,(H,17,18). The Bertz CT molecular complexity index is 708. The molecule has 2 rings (SSSR count). The van der Waals surface area contributed by atoms with E-state index in [1.165, 1.54) is 11.3 Å². The number of nitrogens with one attached hydrogen (secondary N) is 1. The summed E-state index contributed by atoms with van der Waals surface area (Å²) in [5.41, 5.74) is 1.06. The smallest absolute Gasteiger partial charge is 0.377 e. The summed E-state index contributed by atoms with van der Waals surface area (Å²) in [6.07, 6.45) is 1.15. The van der Waals surface area contributed by atoms with Gasteiger partial charge in [0.15, 0.2) is 6.61 Å². The van der Waals surface area contributed by atoms with E-state index in [4.69, 9.17) is 18.9 Å². The normalized spacial score (nSPS) is 13.2. The molecule has 136 valence electrons. The van der Waals surface area contributed by atoms with Crippen LogP contribution in [-0.2, 0) is 28.5 Å². The minimum Gasteiger partial charge on any atom is -0.493 e. The van der Waals surface area contributed by atoms with Gasteiger partial charge in [-0.05, 0) is 26.3 Å². The average molecular weight is 369 g/mol. The van der Waals surface area contributed by atoms with Gasteiger partial charge in [-0.3, -0.25) is 4.79 Å². The number of anilines is 1. The van der Waals surface area contributed by atoms with Crippen LogP contribution in [-0.4, -0.2) is 44.3 Å². The third-order valence-corrected chi connectivity index (χ3v) is 4.43. The molecule has 0 unspecified atom stereocenters. The van der Waals surface area contributed by atoms with Gasteiger partial charge in [0.1, 0.15) is 24.5 Å². The molecular weight excluding hydrogens is 350 g/mol. The van der Waals surface area contributed by atoms with Crippen LogP contribution in [0.15, 0.2) is 12.0 Å². The van der Waals surface area contributed by atoms with Crippen molar-refractivity contribution in [2.24, 2.45) is 0 Å². The van der Waals surface area contributed by atoms with Crippen LogP contribution in [0.25, 0.3) is 0 Å². The molecule has 25 heavy (non-hydrogen) atoms. The Hall–Kier alpha value is -2.55. The summed E-state index contributed by atoms with van der Waals surface area (Å²) >= 11 is 1.26. The van der Waals surface area contributed by atoms with Crippen molar-refractivity contribution in [3.63, 3.8) is 0 Å². The third-order valence-electron chi connectivity index (χ3n) is 3.30. The van der Waals surface area contributed by atoms with Crippen molar-refractivity contribution in [1.29, 1.82) is 0 Å². The molecule has 0 saturated carbocycles. The maximum atomic E-state index is 12.1. The lowest BCUT2D eigenvalue weighted by molar-refractivity contribution is -0.148. The zero-order valence-corrected chi connectivity index (χ0v) is 15.0. The average Bonchev–Trinajstić information content (AvgIpc) is 2.87. The molecule has 1 aromatic heterocycles. The van der Waals surface area contributed by atoms with Gasteiger partial charge < -0.3 is 24.3 Å². The predicted octanol–water partition coefficient (Wildman–Crippen LogP) is 1.91. The summed E-state index contributed by atoms with van der Waals surface area (Å²) in [7, 11) is 0. The molecule has 0 aromatic carbocycles. The first-order valence-corrected chi connectivity index (χ1v) is 8.44. The van der Waals surface area contributed by atoms with Gasteiger partial charge in [0.05, 0.1) is 12.2 Å². The summed E-state index contributed by atoms with van der Waals surface area (Å²) in [4.78, 5) is 36.7. The van der Waals surface area contributed by atoms with Crippen molar-refractivity contribution >= 4 is 34.2 Å². The monoisotopic (exact) mass is 369 g/mol. The van der Waals surface area contributed by atoms with E-state index in [-0.39, 0.29) is 19.0 Å². The lowest BCUT2D eigenvalue weighted by Crippen LogP contribution is -2.24. The Kier molecular flexibility index (Phi) is 6.40. The van der Waals surface area contributed by atoms with Gasteiger partial charge in [0.25, 0.3) is 5.91 Å². The van der Waals surface area contributed by atoms with Gasteiger partial charge in [-0.2, -0.15) is 0 Å². The van der Waals surface area contributed by atoms with E-state index in [1.54, 1.807) is 13.8 Å². The number of carbonyl (C=O) groups is 3. The highest BCUT2D eigenvalue weighted by Crippen LogP contribution is 2.33. The fourth-order valence-corrected chi connectivity index (χ4v) is 3.07. The fraction of sp³-hybridized carbons (Fsp3) is 0.438. The molecule has 0 atom stereocenters. The van der Waals surface area contributed by atoms with E-state index < -0.39 is 24.5 Å². The Labute approximate surface area is 148 Å². The van der Waals surface area contributed by atoms with Crippen molar-refractivity contribution in [2.45, 2.75) is 20.8 Å². The largest absolute Gasteiger partial charge is 0.493 e. The Morgan fingerprint density at radius 2 is 1.96 bits per heavy atom. The molecule has 0 spiro atoms. The van der Waals surface area contributed by atoms with Gasteiger partial charge >= 0.3 is 11.9 Å². The van der Waals surface area contributed by atoms with E-state index in [9.17, 15) is 14.4 Å². The molecule has 0 aliphatic carbocycles. The zero-order chi connectivity index (χ0) is 18.4. The van der Waals surface area contributed by atoms with Crippen LogP contribution in [0.1, 0.15) is 27.7 Å². The van der Waals surface area contributed by atoms with E-state index in [2.05, 4.69) is 5.32 Å². The third kappa shape index (κ3) is 4.72. The number of carbonyl (C=O) groups excluding carboxylic acids is 3. The molecule has 2 heterocycles. The number of esters is 2. The summed E-state index contributed by atoms with van der Waals surface area (Å²) in [5, 5.41) is 2.95. The van der Waals surface area contributed by atoms with Gasteiger partial charge in [-0.1, -0.05) is 0 Å². The SMILES string of the molecule is CCOC(=O)c1c(NC(=O)COC(=O)C2=COCCO2)sc(C)c1C. The second-order valence-corrected chi connectivity index (χ2v) is 6.26. The second-order valence-electron chi connectivity index (χ2n) is 5.03. The van der Waals surface area contributed by atoms with E-state index in [0.29, 0.717) is 17.2 Å². The van der Waals surface area contributed by atoms with Crippen molar-refractivity contribution in [3.05, 3.63) is 28.0 Å². The van der Waals surface area contributed by atoms with Gasteiger partial charge in [0, 0.05) is 4.88 Å². The summed E-state index contributed by atoms with van der Waals surface area (Å²) in [6, 6.07) is 0. The molecule has 0 radical (unpaired) electrons. The number of ether oxygens (including phenoxy) is 4. The summed E-state index contributed by atoms with van der Waals surface area (Å²) in [5.74, 6) is -1.96. The summed E-state index contributed by atoms with van der Waals surface area (Å²) < 4.78 is 19.9. The maximum absolute atomic E-state index is 12.1. The molecule has 0 fully saturated rings. The van der Waals surface area contributed by atoms with Crippen molar-refractivity contribution in [2.75, 3.05) is 31.7 Å². The van der Waals surface area contributed by atoms with E-state index in [0.717, 1.165) is 16.7 Å². The first-order valence-electron chi connectivity index (χ1n) is 7.62. The molecule has 9 heteroatoms. The summed E-state index contributed by atoms with van der Waals surface area (Å²) in [6.45, 7) is 5.63. The number of amides is 1. The Balaban J connectivity index is 1.98. The molecule has 1 aromatic rings. The molecule has 1 N–H and O–H groups in total. The number of rotatable bonds is 6. The highest BCUT2D eigenvalue weighted by Gasteiger charge is 2.23.